The normalized spacial score (nSPS) is 19.6. The highest BCUT2D eigenvalue weighted by molar-refractivity contribution is 6.10. The molecule has 0 unspecified atom stereocenters. The van der Waals surface area contributed by atoms with E-state index in [4.69, 9.17) is 4.74 Å². The van der Waals surface area contributed by atoms with Crippen molar-refractivity contribution in [2.24, 2.45) is 5.41 Å². The number of ketones is 1. The molecule has 1 heterocycles. The Kier molecular flexibility index (Phi) is 5.18. The summed E-state index contributed by atoms with van der Waals surface area (Å²) in [6.45, 7) is 0. The fourth-order valence-corrected chi connectivity index (χ4v) is 4.84. The highest BCUT2D eigenvalue weighted by Crippen LogP contribution is 2.55. The second kappa shape index (κ2) is 8.28. The van der Waals surface area contributed by atoms with Gasteiger partial charge in [0.2, 0.25) is 0 Å². The molecule has 2 nitrogen and oxygen atoms in total. The topological polar surface area (TPSA) is 26.3 Å². The summed E-state index contributed by atoms with van der Waals surface area (Å²) in [5.74, 6) is 7.14. The second-order valence-electron chi connectivity index (χ2n) is 8.29. The Hall–Kier alpha value is -3.57. The first kappa shape index (κ1) is 19.4. The summed E-state index contributed by atoms with van der Waals surface area (Å²) in [7, 11) is 0. The molecule has 5 rings (SSSR count). The zero-order chi connectivity index (χ0) is 21.1. The zero-order valence-electron chi connectivity index (χ0n) is 17.4. The largest absolute Gasteiger partial charge is 0.483 e. The molecule has 0 radical (unpaired) electrons. The van der Waals surface area contributed by atoms with Gasteiger partial charge in [-0.25, -0.2) is 0 Å². The third-order valence-electron chi connectivity index (χ3n) is 6.38. The monoisotopic (exact) mass is 404 g/mol. The van der Waals surface area contributed by atoms with Crippen LogP contribution in [0.1, 0.15) is 48.5 Å². The van der Waals surface area contributed by atoms with E-state index in [0.29, 0.717) is 11.3 Å². The number of benzene rings is 3. The molecular weight excluding hydrogens is 380 g/mol. The van der Waals surface area contributed by atoms with Crippen molar-refractivity contribution >= 4 is 11.5 Å². The fraction of sp³-hybridized carbons (Fsp3) is 0.207. The van der Waals surface area contributed by atoms with Crippen LogP contribution in [0.2, 0.25) is 0 Å². The summed E-state index contributed by atoms with van der Waals surface area (Å²) in [4.78, 5) is 14.1. The molecule has 0 aromatic heterocycles. The Bertz CT molecular complexity index is 1160. The van der Waals surface area contributed by atoms with Crippen LogP contribution in [0.3, 0.4) is 0 Å². The molecule has 152 valence electrons. The average Bonchev–Trinajstić information content (AvgIpc) is 3.32. The van der Waals surface area contributed by atoms with Gasteiger partial charge in [0.1, 0.15) is 17.4 Å². The van der Waals surface area contributed by atoms with Gasteiger partial charge in [0.25, 0.3) is 0 Å². The number of carbonyl (C=O) groups is 1. The Labute approximate surface area is 183 Å². The molecule has 1 aliphatic carbocycles. The molecule has 2 heteroatoms. The fourth-order valence-electron chi connectivity index (χ4n) is 4.84. The molecular formula is C29H24O2. The highest BCUT2D eigenvalue weighted by Gasteiger charge is 2.54. The third kappa shape index (κ3) is 3.57. The number of hydrogen-bond acceptors (Lipinski definition) is 2. The standard InChI is InChI=1S/C29H24O2/c30-27-25(19-18-22-12-4-1-5-13-22)26(23-14-6-2-7-15-23)31-28(24-16-8-3-9-17-24)29(27)20-10-11-21-29/h1-9,12-17,28H,10-11,20-21H2/t28-/m1/s1. The van der Waals surface area contributed by atoms with Crippen LogP contribution in [0.4, 0.5) is 0 Å². The van der Waals surface area contributed by atoms with E-state index in [9.17, 15) is 4.79 Å². The molecule has 0 bridgehead atoms. The van der Waals surface area contributed by atoms with Crippen LogP contribution < -0.4 is 0 Å². The minimum absolute atomic E-state index is 0.132. The molecule has 3 aromatic carbocycles. The number of hydrogen-bond donors (Lipinski definition) is 0. The summed E-state index contributed by atoms with van der Waals surface area (Å²) in [5.41, 5.74) is 2.80. The Morgan fingerprint density at radius 1 is 0.742 bits per heavy atom. The molecule has 0 amide bonds. The van der Waals surface area contributed by atoms with Gasteiger partial charge < -0.3 is 4.74 Å². The Morgan fingerprint density at radius 3 is 1.97 bits per heavy atom. The first-order valence-corrected chi connectivity index (χ1v) is 10.9. The van der Waals surface area contributed by atoms with Crippen molar-refractivity contribution < 1.29 is 9.53 Å². The Morgan fingerprint density at radius 2 is 1.32 bits per heavy atom. The van der Waals surface area contributed by atoms with Crippen LogP contribution in [0.25, 0.3) is 5.76 Å². The van der Waals surface area contributed by atoms with Gasteiger partial charge in [-0.2, -0.15) is 0 Å². The van der Waals surface area contributed by atoms with Crippen molar-refractivity contribution in [2.75, 3.05) is 0 Å². The molecule has 1 atom stereocenters. The van der Waals surface area contributed by atoms with Crippen LogP contribution in [-0.2, 0) is 9.53 Å². The predicted octanol–water partition coefficient (Wildman–Crippen LogP) is 6.35. The smallest absolute Gasteiger partial charge is 0.185 e. The van der Waals surface area contributed by atoms with E-state index >= 15 is 0 Å². The summed E-state index contributed by atoms with van der Waals surface area (Å²) >= 11 is 0. The first-order valence-electron chi connectivity index (χ1n) is 10.9. The predicted molar refractivity (Wildman–Crippen MR) is 123 cm³/mol. The van der Waals surface area contributed by atoms with E-state index in [1.807, 2.05) is 78.9 Å². The van der Waals surface area contributed by atoms with Crippen molar-refractivity contribution in [1.29, 1.82) is 0 Å². The summed E-state index contributed by atoms with van der Waals surface area (Å²) in [6, 6.07) is 29.9. The van der Waals surface area contributed by atoms with Crippen molar-refractivity contribution in [2.45, 2.75) is 31.8 Å². The van der Waals surface area contributed by atoms with Gasteiger partial charge in [-0.15, -0.1) is 0 Å². The quantitative estimate of drug-likeness (QED) is 0.465. The Balaban J connectivity index is 1.69. The number of ether oxygens (including phenoxy) is 1. The maximum absolute atomic E-state index is 14.1. The molecule has 0 N–H and O–H groups in total. The molecule has 0 saturated heterocycles. The minimum atomic E-state index is -0.541. The molecule has 1 fully saturated rings. The summed E-state index contributed by atoms with van der Waals surface area (Å²) in [5, 5.41) is 0. The minimum Gasteiger partial charge on any atom is -0.483 e. The van der Waals surface area contributed by atoms with Crippen LogP contribution in [0.5, 0.6) is 0 Å². The van der Waals surface area contributed by atoms with Gasteiger partial charge in [-0.1, -0.05) is 104 Å². The van der Waals surface area contributed by atoms with E-state index in [1.165, 1.54) is 0 Å². The van der Waals surface area contributed by atoms with Crippen LogP contribution in [0.15, 0.2) is 96.6 Å². The van der Waals surface area contributed by atoms with Gasteiger partial charge in [-0.3, -0.25) is 4.79 Å². The van der Waals surface area contributed by atoms with Gasteiger partial charge in [0.05, 0.1) is 5.41 Å². The summed E-state index contributed by atoms with van der Waals surface area (Å²) < 4.78 is 6.72. The van der Waals surface area contributed by atoms with E-state index in [2.05, 4.69) is 24.0 Å². The van der Waals surface area contributed by atoms with Gasteiger partial charge in [0.15, 0.2) is 5.78 Å². The lowest BCUT2D eigenvalue weighted by Gasteiger charge is -2.41. The first-order chi connectivity index (χ1) is 15.3. The number of carbonyl (C=O) groups excluding carboxylic acids is 1. The molecule has 1 spiro atoms. The zero-order valence-corrected chi connectivity index (χ0v) is 17.4. The average molecular weight is 405 g/mol. The number of Topliss-reactive ketones (excluding diaryl/α,β-unsaturated/α-hetero) is 1. The van der Waals surface area contributed by atoms with Crippen molar-refractivity contribution in [3.8, 4) is 11.8 Å². The van der Waals surface area contributed by atoms with Crippen LogP contribution >= 0.6 is 0 Å². The lowest BCUT2D eigenvalue weighted by Crippen LogP contribution is -2.40. The van der Waals surface area contributed by atoms with E-state index in [1.54, 1.807) is 0 Å². The maximum atomic E-state index is 14.1. The van der Waals surface area contributed by atoms with Gasteiger partial charge in [-0.05, 0) is 30.5 Å². The summed E-state index contributed by atoms with van der Waals surface area (Å²) in [6.07, 6.45) is 3.46. The highest BCUT2D eigenvalue weighted by atomic mass is 16.5. The molecule has 1 saturated carbocycles. The van der Waals surface area contributed by atoms with Crippen molar-refractivity contribution in [3.05, 3.63) is 113 Å². The molecule has 31 heavy (non-hydrogen) atoms. The lowest BCUT2D eigenvalue weighted by molar-refractivity contribution is -0.133. The second-order valence-corrected chi connectivity index (χ2v) is 8.29. The van der Waals surface area contributed by atoms with Gasteiger partial charge >= 0.3 is 0 Å². The van der Waals surface area contributed by atoms with E-state index < -0.39 is 5.41 Å². The lowest BCUT2D eigenvalue weighted by atomic mass is 9.69. The van der Waals surface area contributed by atoms with Gasteiger partial charge in [0, 0.05) is 11.1 Å². The number of rotatable bonds is 2. The van der Waals surface area contributed by atoms with E-state index in [-0.39, 0.29) is 11.9 Å². The molecule has 1 aliphatic heterocycles. The maximum Gasteiger partial charge on any atom is 0.185 e. The molecule has 3 aromatic rings. The molecule has 2 aliphatic rings. The SMILES string of the molecule is O=C1C(C#Cc2ccccc2)=C(c2ccccc2)O[C@H](c2ccccc2)C12CCCC2. The van der Waals surface area contributed by atoms with Crippen LogP contribution in [0, 0.1) is 17.3 Å². The number of allylic oxidation sites excluding steroid dienone is 1. The third-order valence-corrected chi connectivity index (χ3v) is 6.38. The van der Waals surface area contributed by atoms with Crippen molar-refractivity contribution in [3.63, 3.8) is 0 Å². The van der Waals surface area contributed by atoms with E-state index in [0.717, 1.165) is 42.4 Å². The van der Waals surface area contributed by atoms with Crippen LogP contribution in [-0.4, -0.2) is 5.78 Å². The van der Waals surface area contributed by atoms with Crippen molar-refractivity contribution in [1.82, 2.24) is 0 Å².